The smallest absolute Gasteiger partial charge is 0.253 e. The van der Waals surface area contributed by atoms with Gasteiger partial charge in [0.05, 0.1) is 11.3 Å². The summed E-state index contributed by atoms with van der Waals surface area (Å²) in [4.78, 5) is 12.0. The van der Waals surface area contributed by atoms with Gasteiger partial charge in [-0.3, -0.25) is 4.79 Å². The average molecular weight is 413 g/mol. The highest BCUT2D eigenvalue weighted by atomic mass is 16.3. The number of aryl methyl sites for hydroxylation is 1. The highest BCUT2D eigenvalue weighted by Crippen LogP contribution is 2.21. The molecule has 0 spiro atoms. The minimum Gasteiger partial charge on any atom is -0.512 e. The van der Waals surface area contributed by atoms with E-state index in [0.717, 1.165) is 35.9 Å². The predicted molar refractivity (Wildman–Crippen MR) is 131 cm³/mol. The second-order valence-electron chi connectivity index (χ2n) is 6.14. The van der Waals surface area contributed by atoms with Crippen molar-refractivity contribution < 1.29 is 9.90 Å². The highest BCUT2D eigenvalue weighted by Gasteiger charge is 2.13. The van der Waals surface area contributed by atoms with Crippen LogP contribution in [0.5, 0.6) is 0 Å². The Morgan fingerprint density at radius 1 is 1.07 bits per heavy atom. The summed E-state index contributed by atoms with van der Waals surface area (Å²) in [5, 5.41) is 12.8. The number of carbonyl (C=O) groups is 1. The number of amides is 1. The zero-order valence-electron chi connectivity index (χ0n) is 19.6. The molecule has 0 saturated heterocycles. The maximum atomic E-state index is 12.0. The SMILES string of the molecule is CC.CC.CCCCn1cc(C(=O)NCC)c2ccccc21.OC1=CC=CC=CC1. The molecule has 1 amide bonds. The Labute approximate surface area is 183 Å². The van der Waals surface area contributed by atoms with Gasteiger partial charge in [0, 0.05) is 36.6 Å². The Morgan fingerprint density at radius 2 is 1.77 bits per heavy atom. The van der Waals surface area contributed by atoms with Gasteiger partial charge in [0.1, 0.15) is 0 Å². The normalized spacial score (nSPS) is 11.6. The van der Waals surface area contributed by atoms with E-state index in [1.165, 1.54) is 0 Å². The fraction of sp³-hybridized carbons (Fsp3) is 0.423. The molecule has 0 unspecified atom stereocenters. The largest absolute Gasteiger partial charge is 0.512 e. The third kappa shape index (κ3) is 9.17. The van der Waals surface area contributed by atoms with E-state index in [-0.39, 0.29) is 5.91 Å². The van der Waals surface area contributed by atoms with Crippen molar-refractivity contribution in [3.8, 4) is 0 Å². The number of unbranched alkanes of at least 4 members (excludes halogenated alkanes) is 1. The predicted octanol–water partition coefficient (Wildman–Crippen LogP) is 7.19. The van der Waals surface area contributed by atoms with Gasteiger partial charge in [0.25, 0.3) is 5.91 Å². The molecule has 0 atom stereocenters. The van der Waals surface area contributed by atoms with Crippen LogP contribution in [0.3, 0.4) is 0 Å². The van der Waals surface area contributed by atoms with Crippen molar-refractivity contribution in [1.29, 1.82) is 0 Å². The van der Waals surface area contributed by atoms with E-state index in [2.05, 4.69) is 22.9 Å². The van der Waals surface area contributed by atoms with Crippen LogP contribution in [0.25, 0.3) is 10.9 Å². The van der Waals surface area contributed by atoms with Crippen LogP contribution >= 0.6 is 0 Å². The first-order chi connectivity index (χ1) is 14.7. The number of aromatic nitrogens is 1. The molecule has 0 saturated carbocycles. The van der Waals surface area contributed by atoms with Crippen LogP contribution in [-0.4, -0.2) is 22.1 Å². The van der Waals surface area contributed by atoms with Crippen LogP contribution in [0.1, 0.15) is 71.2 Å². The van der Waals surface area contributed by atoms with Gasteiger partial charge in [-0.2, -0.15) is 0 Å². The lowest BCUT2D eigenvalue weighted by Crippen LogP contribution is -2.22. The Hall–Kier alpha value is -2.75. The Kier molecular flexibility index (Phi) is 15.6. The zero-order chi connectivity index (χ0) is 22.8. The van der Waals surface area contributed by atoms with Gasteiger partial charge < -0.3 is 15.0 Å². The van der Waals surface area contributed by atoms with Crippen molar-refractivity contribution in [2.45, 2.75) is 67.3 Å². The molecule has 4 nitrogen and oxygen atoms in total. The topological polar surface area (TPSA) is 54.3 Å². The molecule has 2 N–H and O–H groups in total. The minimum atomic E-state index is 0.0175. The number of benzene rings is 1. The zero-order valence-corrected chi connectivity index (χ0v) is 19.6. The molecule has 1 aromatic heterocycles. The maximum Gasteiger partial charge on any atom is 0.253 e. The van der Waals surface area contributed by atoms with Gasteiger partial charge in [-0.1, -0.05) is 83.5 Å². The summed E-state index contributed by atoms with van der Waals surface area (Å²) < 4.78 is 2.18. The Bertz CT molecular complexity index is 814. The van der Waals surface area contributed by atoms with Crippen LogP contribution in [-0.2, 0) is 6.54 Å². The number of aliphatic hydroxyl groups excluding tert-OH is 1. The Morgan fingerprint density at radius 3 is 2.43 bits per heavy atom. The molecule has 166 valence electrons. The molecule has 4 heteroatoms. The molecule has 1 heterocycles. The molecule has 3 rings (SSSR count). The molecule has 1 aliphatic carbocycles. The molecule has 2 aromatic rings. The quantitative estimate of drug-likeness (QED) is 0.546. The molecule has 1 aromatic carbocycles. The summed E-state index contributed by atoms with van der Waals surface area (Å²) in [5.74, 6) is 0.443. The van der Waals surface area contributed by atoms with Gasteiger partial charge in [0.15, 0.2) is 0 Å². The summed E-state index contributed by atoms with van der Waals surface area (Å²) in [5.41, 5.74) is 1.93. The van der Waals surface area contributed by atoms with Gasteiger partial charge >= 0.3 is 0 Å². The summed E-state index contributed by atoms with van der Waals surface area (Å²) in [6.07, 6.45) is 14.2. The third-order valence-corrected chi connectivity index (χ3v) is 4.10. The van der Waals surface area contributed by atoms with Crippen LogP contribution in [0.4, 0.5) is 0 Å². The van der Waals surface area contributed by atoms with Crippen LogP contribution in [0.2, 0.25) is 0 Å². The Balaban J connectivity index is 0.000000585. The lowest BCUT2D eigenvalue weighted by atomic mass is 10.1. The number of hydrogen-bond donors (Lipinski definition) is 2. The molecule has 0 fully saturated rings. The molecular formula is C26H40N2O2. The van der Waals surface area contributed by atoms with Crippen molar-refractivity contribution in [3.63, 3.8) is 0 Å². The number of nitrogens with zero attached hydrogens (tertiary/aromatic N) is 1. The summed E-state index contributed by atoms with van der Waals surface area (Å²) in [7, 11) is 0. The van der Waals surface area contributed by atoms with Crippen molar-refractivity contribution in [1.82, 2.24) is 9.88 Å². The average Bonchev–Trinajstić information content (AvgIpc) is 2.99. The number of rotatable bonds is 5. The van der Waals surface area contributed by atoms with Crippen molar-refractivity contribution >= 4 is 16.8 Å². The molecule has 1 aliphatic rings. The van der Waals surface area contributed by atoms with Crippen molar-refractivity contribution in [2.75, 3.05) is 6.54 Å². The number of aliphatic hydroxyl groups is 1. The van der Waals surface area contributed by atoms with Gasteiger partial charge in [-0.15, -0.1) is 0 Å². The first kappa shape index (κ1) is 27.2. The number of hydrogen-bond acceptors (Lipinski definition) is 2. The van der Waals surface area contributed by atoms with Crippen LogP contribution < -0.4 is 5.32 Å². The number of fused-ring (bicyclic) bond motifs is 1. The number of carbonyl (C=O) groups excluding carboxylic acids is 1. The molecule has 30 heavy (non-hydrogen) atoms. The van der Waals surface area contributed by atoms with E-state index in [1.54, 1.807) is 6.08 Å². The van der Waals surface area contributed by atoms with Gasteiger partial charge in [0.2, 0.25) is 0 Å². The first-order valence-corrected chi connectivity index (χ1v) is 11.2. The molecule has 0 bridgehead atoms. The van der Waals surface area contributed by atoms with E-state index in [9.17, 15) is 4.79 Å². The maximum absolute atomic E-state index is 12.0. The number of allylic oxidation sites excluding steroid dienone is 5. The van der Waals surface area contributed by atoms with Gasteiger partial charge in [-0.25, -0.2) is 0 Å². The first-order valence-electron chi connectivity index (χ1n) is 11.2. The number of para-hydroxylation sites is 1. The van der Waals surface area contributed by atoms with E-state index >= 15 is 0 Å². The molecule has 0 radical (unpaired) electrons. The highest BCUT2D eigenvalue weighted by molar-refractivity contribution is 6.06. The lowest BCUT2D eigenvalue weighted by Gasteiger charge is -2.02. The fourth-order valence-corrected chi connectivity index (χ4v) is 2.76. The molecule has 0 aliphatic heterocycles. The summed E-state index contributed by atoms with van der Waals surface area (Å²) >= 11 is 0. The van der Waals surface area contributed by atoms with Crippen LogP contribution in [0, 0.1) is 0 Å². The second kappa shape index (κ2) is 17.1. The van der Waals surface area contributed by atoms with E-state index in [0.29, 0.717) is 18.7 Å². The third-order valence-electron chi connectivity index (χ3n) is 4.10. The molecular weight excluding hydrogens is 372 g/mol. The summed E-state index contributed by atoms with van der Waals surface area (Å²) in [6.45, 7) is 13.7. The fourth-order valence-electron chi connectivity index (χ4n) is 2.76. The second-order valence-corrected chi connectivity index (χ2v) is 6.14. The van der Waals surface area contributed by atoms with E-state index < -0.39 is 0 Å². The van der Waals surface area contributed by atoms with Crippen molar-refractivity contribution in [2.24, 2.45) is 0 Å². The summed E-state index contributed by atoms with van der Waals surface area (Å²) in [6, 6.07) is 8.09. The number of nitrogens with one attached hydrogen (secondary N) is 1. The van der Waals surface area contributed by atoms with Crippen molar-refractivity contribution in [3.05, 3.63) is 72.2 Å². The minimum absolute atomic E-state index is 0.0175. The van der Waals surface area contributed by atoms with E-state index in [4.69, 9.17) is 5.11 Å². The monoisotopic (exact) mass is 412 g/mol. The van der Waals surface area contributed by atoms with E-state index in [1.807, 2.05) is 83.3 Å². The lowest BCUT2D eigenvalue weighted by molar-refractivity contribution is 0.0957. The van der Waals surface area contributed by atoms with Gasteiger partial charge in [-0.05, 0) is 25.5 Å². The van der Waals surface area contributed by atoms with Crippen LogP contribution in [0.15, 0.2) is 66.6 Å². The standard InChI is InChI=1S/C15H20N2O.C7H8O.2C2H6/c1-3-5-10-17-11-13(15(18)16-4-2)12-8-6-7-9-14(12)17;8-7-5-3-1-2-4-6-7;2*1-2/h6-9,11H,3-5,10H2,1-2H3,(H,16,18);1-5,8H,6H2;2*1-2H3.